The van der Waals surface area contributed by atoms with Crippen LogP contribution in [0.5, 0.6) is 0 Å². The lowest BCUT2D eigenvalue weighted by Crippen LogP contribution is -2.29. The van der Waals surface area contributed by atoms with Crippen LogP contribution < -0.4 is 4.90 Å². The minimum Gasteiger partial charge on any atom is -0.467 e. The minimum absolute atomic E-state index is 0.0620. The number of anilines is 1. The van der Waals surface area contributed by atoms with Crippen LogP contribution >= 0.6 is 0 Å². The summed E-state index contributed by atoms with van der Waals surface area (Å²) in [6, 6.07) is 17.2. The Morgan fingerprint density at radius 1 is 0.963 bits per heavy atom. The van der Waals surface area contributed by atoms with E-state index in [-0.39, 0.29) is 23.9 Å². The number of rotatable bonds is 4. The number of imide groups is 1. The Hall–Kier alpha value is -3.67. The number of para-hydroxylation sites is 1. The highest BCUT2D eigenvalue weighted by atomic mass is 16.3. The van der Waals surface area contributed by atoms with E-state index >= 15 is 0 Å². The highest BCUT2D eigenvalue weighted by Crippen LogP contribution is 2.26. The molecule has 2 heterocycles. The molecule has 1 aromatic heterocycles. The van der Waals surface area contributed by atoms with Crippen molar-refractivity contribution in [2.45, 2.75) is 6.54 Å². The summed E-state index contributed by atoms with van der Waals surface area (Å²) in [5.74, 6) is -0.552. The molecule has 27 heavy (non-hydrogen) atoms. The standard InChI is InChI=1S/C21H16N2O4/c1-22(15-6-3-2-4-7-15)19(24)14-9-10-17-18(12-14)21(26)23(20(17)25)13-16-8-5-11-27-16/h2-12H,13H2,1H3. The van der Waals surface area contributed by atoms with Gasteiger partial charge in [-0.2, -0.15) is 0 Å². The zero-order valence-corrected chi connectivity index (χ0v) is 14.6. The van der Waals surface area contributed by atoms with Crippen LogP contribution in [-0.2, 0) is 6.54 Å². The molecule has 4 rings (SSSR count). The van der Waals surface area contributed by atoms with Gasteiger partial charge in [-0.05, 0) is 42.5 Å². The number of hydrogen-bond donors (Lipinski definition) is 0. The molecule has 6 heteroatoms. The van der Waals surface area contributed by atoms with Crippen LogP contribution in [-0.4, -0.2) is 29.7 Å². The number of amides is 3. The molecule has 0 radical (unpaired) electrons. The van der Waals surface area contributed by atoms with Crippen LogP contribution in [0.2, 0.25) is 0 Å². The van der Waals surface area contributed by atoms with Crippen molar-refractivity contribution in [3.8, 4) is 0 Å². The van der Waals surface area contributed by atoms with Crippen molar-refractivity contribution < 1.29 is 18.8 Å². The predicted molar refractivity (Wildman–Crippen MR) is 98.5 cm³/mol. The fourth-order valence-corrected chi connectivity index (χ4v) is 3.09. The topological polar surface area (TPSA) is 70.8 Å². The quantitative estimate of drug-likeness (QED) is 0.669. The number of furan rings is 1. The van der Waals surface area contributed by atoms with Crippen LogP contribution in [0.1, 0.15) is 36.8 Å². The molecule has 0 atom stereocenters. The third-order valence-electron chi connectivity index (χ3n) is 4.56. The molecule has 0 unspecified atom stereocenters. The zero-order valence-electron chi connectivity index (χ0n) is 14.6. The third-order valence-corrected chi connectivity index (χ3v) is 4.56. The highest BCUT2D eigenvalue weighted by Gasteiger charge is 2.36. The van der Waals surface area contributed by atoms with Gasteiger partial charge in [-0.1, -0.05) is 18.2 Å². The summed E-state index contributed by atoms with van der Waals surface area (Å²) in [6.45, 7) is 0.0620. The van der Waals surface area contributed by atoms with Gasteiger partial charge in [-0.3, -0.25) is 19.3 Å². The van der Waals surface area contributed by atoms with Gasteiger partial charge in [0.1, 0.15) is 5.76 Å². The SMILES string of the molecule is CN(C(=O)c1ccc2c(c1)C(=O)N(Cc1ccco1)C2=O)c1ccccc1. The van der Waals surface area contributed by atoms with Gasteiger partial charge in [-0.25, -0.2) is 0 Å². The maximum absolute atomic E-state index is 12.8. The molecule has 0 bridgehead atoms. The minimum atomic E-state index is -0.427. The third kappa shape index (κ3) is 2.91. The molecule has 0 saturated carbocycles. The van der Waals surface area contributed by atoms with Gasteiger partial charge < -0.3 is 9.32 Å². The predicted octanol–water partition coefficient (Wildman–Crippen LogP) is 3.35. The Morgan fingerprint density at radius 3 is 2.41 bits per heavy atom. The Bertz CT molecular complexity index is 1030. The molecule has 0 fully saturated rings. The Morgan fingerprint density at radius 2 is 1.70 bits per heavy atom. The van der Waals surface area contributed by atoms with E-state index in [0.29, 0.717) is 16.9 Å². The number of fused-ring (bicyclic) bond motifs is 1. The molecule has 0 saturated heterocycles. The summed E-state index contributed by atoms with van der Waals surface area (Å²) in [4.78, 5) is 40.6. The van der Waals surface area contributed by atoms with Crippen molar-refractivity contribution in [2.24, 2.45) is 0 Å². The maximum atomic E-state index is 12.8. The monoisotopic (exact) mass is 360 g/mol. The fraction of sp³-hybridized carbons (Fsp3) is 0.0952. The van der Waals surface area contributed by atoms with E-state index in [1.165, 1.54) is 23.3 Å². The second-order valence-electron chi connectivity index (χ2n) is 6.24. The molecule has 3 aromatic rings. The smallest absolute Gasteiger partial charge is 0.261 e. The molecule has 1 aliphatic heterocycles. The lowest BCUT2D eigenvalue weighted by molar-refractivity contribution is 0.0631. The van der Waals surface area contributed by atoms with Gasteiger partial charge >= 0.3 is 0 Å². The van der Waals surface area contributed by atoms with Gasteiger partial charge in [0.2, 0.25) is 0 Å². The molecular weight excluding hydrogens is 344 g/mol. The van der Waals surface area contributed by atoms with Crippen LogP contribution in [0.3, 0.4) is 0 Å². The molecule has 2 aromatic carbocycles. The largest absolute Gasteiger partial charge is 0.467 e. The summed E-state index contributed by atoms with van der Waals surface area (Å²) in [7, 11) is 1.67. The van der Waals surface area contributed by atoms with E-state index in [1.54, 1.807) is 25.2 Å². The summed E-state index contributed by atoms with van der Waals surface area (Å²) >= 11 is 0. The van der Waals surface area contributed by atoms with Crippen LogP contribution in [0.25, 0.3) is 0 Å². The van der Waals surface area contributed by atoms with Crippen molar-refractivity contribution in [1.82, 2.24) is 4.90 Å². The second kappa shape index (κ2) is 6.57. The number of carbonyl (C=O) groups excluding carboxylic acids is 3. The fourth-order valence-electron chi connectivity index (χ4n) is 3.09. The highest BCUT2D eigenvalue weighted by molar-refractivity contribution is 6.22. The van der Waals surface area contributed by atoms with Gasteiger partial charge in [0.15, 0.2) is 0 Å². The molecule has 0 spiro atoms. The van der Waals surface area contributed by atoms with Crippen molar-refractivity contribution in [3.05, 3.63) is 89.4 Å². The lowest BCUT2D eigenvalue weighted by Gasteiger charge is -2.17. The Labute approximate surface area is 155 Å². The van der Waals surface area contributed by atoms with Crippen molar-refractivity contribution in [2.75, 3.05) is 11.9 Å². The molecule has 0 N–H and O–H groups in total. The first-order valence-corrected chi connectivity index (χ1v) is 8.42. The van der Waals surface area contributed by atoms with Crippen LogP contribution in [0, 0.1) is 0 Å². The molecular formula is C21H16N2O4. The zero-order chi connectivity index (χ0) is 19.0. The number of carbonyl (C=O) groups is 3. The number of hydrogen-bond acceptors (Lipinski definition) is 4. The van der Waals surface area contributed by atoms with Gasteiger partial charge in [0.05, 0.1) is 23.9 Å². The average molecular weight is 360 g/mol. The van der Waals surface area contributed by atoms with E-state index < -0.39 is 5.91 Å². The van der Waals surface area contributed by atoms with E-state index in [1.807, 2.05) is 30.3 Å². The normalized spacial score (nSPS) is 13.0. The van der Waals surface area contributed by atoms with Crippen LogP contribution in [0.15, 0.2) is 71.3 Å². The summed E-state index contributed by atoms with van der Waals surface area (Å²) in [6.07, 6.45) is 1.49. The molecule has 1 aliphatic rings. The molecule has 6 nitrogen and oxygen atoms in total. The second-order valence-corrected chi connectivity index (χ2v) is 6.24. The summed E-state index contributed by atoms with van der Waals surface area (Å²) in [5.41, 5.74) is 1.62. The van der Waals surface area contributed by atoms with Gasteiger partial charge in [0.25, 0.3) is 17.7 Å². The van der Waals surface area contributed by atoms with E-state index in [2.05, 4.69) is 0 Å². The molecule has 0 aliphatic carbocycles. The van der Waals surface area contributed by atoms with Crippen molar-refractivity contribution in [1.29, 1.82) is 0 Å². The van der Waals surface area contributed by atoms with Crippen molar-refractivity contribution in [3.63, 3.8) is 0 Å². The first-order valence-electron chi connectivity index (χ1n) is 8.42. The first-order chi connectivity index (χ1) is 13.1. The Kier molecular flexibility index (Phi) is 4.08. The number of benzene rings is 2. The van der Waals surface area contributed by atoms with E-state index in [0.717, 1.165) is 10.6 Å². The summed E-state index contributed by atoms with van der Waals surface area (Å²) in [5, 5.41) is 0. The van der Waals surface area contributed by atoms with Gasteiger partial charge in [-0.15, -0.1) is 0 Å². The van der Waals surface area contributed by atoms with Crippen LogP contribution in [0.4, 0.5) is 5.69 Å². The van der Waals surface area contributed by atoms with Gasteiger partial charge in [0, 0.05) is 18.3 Å². The molecule has 3 amide bonds. The average Bonchev–Trinajstić information content (AvgIpc) is 3.30. The maximum Gasteiger partial charge on any atom is 0.261 e. The van der Waals surface area contributed by atoms with E-state index in [4.69, 9.17) is 4.42 Å². The summed E-state index contributed by atoms with van der Waals surface area (Å²) < 4.78 is 5.23. The van der Waals surface area contributed by atoms with E-state index in [9.17, 15) is 14.4 Å². The van der Waals surface area contributed by atoms with Crippen molar-refractivity contribution >= 4 is 23.4 Å². The molecule has 134 valence electrons. The number of nitrogens with zero attached hydrogens (tertiary/aromatic N) is 2. The Balaban J connectivity index is 1.62. The lowest BCUT2D eigenvalue weighted by atomic mass is 10.0. The first kappa shape index (κ1) is 16.8.